The van der Waals surface area contributed by atoms with Gasteiger partial charge in [-0.05, 0) is 18.6 Å². The standard InChI is InChI=1S/C14H21N5/c1-4-11(15)12-8-7-10(9-16-12)19-14(6-3)17-13(5-2)18-19/h7-9,11H,4-6,15H2,1-3H3. The van der Waals surface area contributed by atoms with Crippen LogP contribution in [0.4, 0.5) is 0 Å². The zero-order valence-electron chi connectivity index (χ0n) is 11.8. The number of rotatable bonds is 5. The second-order valence-corrected chi connectivity index (χ2v) is 4.52. The van der Waals surface area contributed by atoms with Crippen LogP contribution in [0.25, 0.3) is 5.69 Å². The van der Waals surface area contributed by atoms with Crippen molar-refractivity contribution in [3.05, 3.63) is 35.7 Å². The highest BCUT2D eigenvalue weighted by molar-refractivity contribution is 5.30. The lowest BCUT2D eigenvalue weighted by Crippen LogP contribution is -2.11. The van der Waals surface area contributed by atoms with Gasteiger partial charge >= 0.3 is 0 Å². The van der Waals surface area contributed by atoms with Crippen molar-refractivity contribution >= 4 is 0 Å². The predicted octanol–water partition coefficient (Wildman–Crippen LogP) is 2.20. The summed E-state index contributed by atoms with van der Waals surface area (Å²) in [6, 6.07) is 3.98. The first kappa shape index (κ1) is 13.7. The molecule has 1 atom stereocenters. The quantitative estimate of drug-likeness (QED) is 0.893. The van der Waals surface area contributed by atoms with Crippen LogP contribution < -0.4 is 5.73 Å². The molecule has 0 saturated heterocycles. The van der Waals surface area contributed by atoms with Crippen molar-refractivity contribution in [2.75, 3.05) is 0 Å². The fourth-order valence-electron chi connectivity index (χ4n) is 1.93. The molecule has 0 aliphatic carbocycles. The number of nitrogens with zero attached hydrogens (tertiary/aromatic N) is 4. The van der Waals surface area contributed by atoms with E-state index in [-0.39, 0.29) is 6.04 Å². The van der Waals surface area contributed by atoms with E-state index in [1.165, 1.54) is 0 Å². The monoisotopic (exact) mass is 259 g/mol. The average molecular weight is 259 g/mol. The summed E-state index contributed by atoms with van der Waals surface area (Å²) in [6.07, 6.45) is 4.39. The third kappa shape index (κ3) is 2.81. The van der Waals surface area contributed by atoms with Gasteiger partial charge in [0.15, 0.2) is 5.82 Å². The van der Waals surface area contributed by atoms with Gasteiger partial charge in [-0.15, -0.1) is 0 Å². The minimum atomic E-state index is 0.00152. The molecule has 102 valence electrons. The van der Waals surface area contributed by atoms with E-state index in [0.29, 0.717) is 0 Å². The van der Waals surface area contributed by atoms with Crippen molar-refractivity contribution in [3.63, 3.8) is 0 Å². The molecule has 2 N–H and O–H groups in total. The van der Waals surface area contributed by atoms with Crippen LogP contribution in [0.15, 0.2) is 18.3 Å². The van der Waals surface area contributed by atoms with E-state index in [0.717, 1.165) is 42.3 Å². The van der Waals surface area contributed by atoms with E-state index in [1.807, 2.05) is 23.0 Å². The molecular weight excluding hydrogens is 238 g/mol. The zero-order valence-corrected chi connectivity index (χ0v) is 11.8. The zero-order chi connectivity index (χ0) is 13.8. The van der Waals surface area contributed by atoms with Crippen LogP contribution in [0.1, 0.15) is 50.6 Å². The molecule has 0 fully saturated rings. The molecule has 0 aliphatic rings. The van der Waals surface area contributed by atoms with Crippen molar-refractivity contribution in [1.82, 2.24) is 19.7 Å². The van der Waals surface area contributed by atoms with Crippen LogP contribution >= 0.6 is 0 Å². The molecule has 2 aromatic rings. The predicted molar refractivity (Wildman–Crippen MR) is 75.1 cm³/mol. The second kappa shape index (κ2) is 5.93. The third-order valence-corrected chi connectivity index (χ3v) is 3.19. The smallest absolute Gasteiger partial charge is 0.151 e. The lowest BCUT2D eigenvalue weighted by molar-refractivity contribution is 0.673. The summed E-state index contributed by atoms with van der Waals surface area (Å²) >= 11 is 0. The molecule has 0 spiro atoms. The Labute approximate surface area is 113 Å². The molecule has 0 amide bonds. The molecule has 0 radical (unpaired) electrons. The van der Waals surface area contributed by atoms with Crippen molar-refractivity contribution < 1.29 is 0 Å². The first-order valence-corrected chi connectivity index (χ1v) is 6.86. The summed E-state index contributed by atoms with van der Waals surface area (Å²) in [5.41, 5.74) is 7.83. The van der Waals surface area contributed by atoms with E-state index in [1.54, 1.807) is 0 Å². The molecule has 5 nitrogen and oxygen atoms in total. The van der Waals surface area contributed by atoms with Gasteiger partial charge in [-0.2, -0.15) is 5.10 Å². The Morgan fingerprint density at radius 3 is 2.53 bits per heavy atom. The van der Waals surface area contributed by atoms with Crippen LogP contribution in [0.5, 0.6) is 0 Å². The van der Waals surface area contributed by atoms with Gasteiger partial charge in [0.25, 0.3) is 0 Å². The maximum atomic E-state index is 5.97. The highest BCUT2D eigenvalue weighted by Gasteiger charge is 2.10. The van der Waals surface area contributed by atoms with Crippen LogP contribution in [0.3, 0.4) is 0 Å². The molecule has 0 aliphatic heterocycles. The maximum Gasteiger partial charge on any atom is 0.151 e. The number of hydrogen-bond acceptors (Lipinski definition) is 4. The molecule has 2 heterocycles. The lowest BCUT2D eigenvalue weighted by atomic mass is 10.1. The minimum Gasteiger partial charge on any atom is -0.323 e. The molecule has 2 aromatic heterocycles. The van der Waals surface area contributed by atoms with E-state index in [2.05, 4.69) is 35.8 Å². The van der Waals surface area contributed by atoms with Gasteiger partial charge in [0.1, 0.15) is 5.82 Å². The van der Waals surface area contributed by atoms with E-state index < -0.39 is 0 Å². The Morgan fingerprint density at radius 1 is 1.21 bits per heavy atom. The highest BCUT2D eigenvalue weighted by Crippen LogP contribution is 2.14. The van der Waals surface area contributed by atoms with Crippen LogP contribution in [-0.4, -0.2) is 19.7 Å². The van der Waals surface area contributed by atoms with Gasteiger partial charge in [-0.3, -0.25) is 4.98 Å². The molecule has 0 aromatic carbocycles. The maximum absolute atomic E-state index is 5.97. The van der Waals surface area contributed by atoms with Crippen molar-refractivity contribution in [2.24, 2.45) is 5.73 Å². The van der Waals surface area contributed by atoms with Crippen molar-refractivity contribution in [1.29, 1.82) is 0 Å². The topological polar surface area (TPSA) is 69.6 Å². The number of aryl methyl sites for hydroxylation is 2. The Balaban J connectivity index is 2.34. The van der Waals surface area contributed by atoms with Crippen LogP contribution in [0, 0.1) is 0 Å². The first-order chi connectivity index (χ1) is 9.19. The molecule has 5 heteroatoms. The Hall–Kier alpha value is -1.75. The molecular formula is C14H21N5. The van der Waals surface area contributed by atoms with Gasteiger partial charge in [-0.1, -0.05) is 20.8 Å². The minimum absolute atomic E-state index is 0.00152. The third-order valence-electron chi connectivity index (χ3n) is 3.19. The molecule has 0 saturated carbocycles. The van der Waals surface area contributed by atoms with E-state index >= 15 is 0 Å². The van der Waals surface area contributed by atoms with Gasteiger partial charge in [0.05, 0.1) is 17.6 Å². The molecule has 19 heavy (non-hydrogen) atoms. The van der Waals surface area contributed by atoms with Gasteiger partial charge < -0.3 is 5.73 Å². The van der Waals surface area contributed by atoms with Crippen LogP contribution in [-0.2, 0) is 12.8 Å². The second-order valence-electron chi connectivity index (χ2n) is 4.52. The van der Waals surface area contributed by atoms with E-state index in [9.17, 15) is 0 Å². The average Bonchev–Trinajstić information content (AvgIpc) is 2.90. The molecule has 2 rings (SSSR count). The number of pyridine rings is 1. The summed E-state index contributed by atoms with van der Waals surface area (Å²) in [4.78, 5) is 8.92. The van der Waals surface area contributed by atoms with Crippen molar-refractivity contribution in [2.45, 2.75) is 46.1 Å². The molecule has 0 bridgehead atoms. The summed E-state index contributed by atoms with van der Waals surface area (Å²) in [7, 11) is 0. The number of hydrogen-bond donors (Lipinski definition) is 1. The molecule has 1 unspecified atom stereocenters. The summed E-state index contributed by atoms with van der Waals surface area (Å²) in [5, 5.41) is 4.50. The van der Waals surface area contributed by atoms with Crippen LogP contribution in [0.2, 0.25) is 0 Å². The number of aromatic nitrogens is 4. The fraction of sp³-hybridized carbons (Fsp3) is 0.500. The van der Waals surface area contributed by atoms with Gasteiger partial charge in [0, 0.05) is 18.9 Å². The number of nitrogens with two attached hydrogens (primary N) is 1. The first-order valence-electron chi connectivity index (χ1n) is 6.86. The highest BCUT2D eigenvalue weighted by atomic mass is 15.4. The Bertz CT molecular complexity index is 529. The summed E-state index contributed by atoms with van der Waals surface area (Å²) in [5.74, 6) is 1.83. The summed E-state index contributed by atoms with van der Waals surface area (Å²) in [6.45, 7) is 6.19. The van der Waals surface area contributed by atoms with Gasteiger partial charge in [-0.25, -0.2) is 9.67 Å². The van der Waals surface area contributed by atoms with Gasteiger partial charge in [0.2, 0.25) is 0 Å². The largest absolute Gasteiger partial charge is 0.323 e. The Kier molecular flexibility index (Phi) is 4.27. The normalized spacial score (nSPS) is 12.6. The SMILES string of the molecule is CCc1nc(CC)n(-c2ccc(C(N)CC)nc2)n1. The Morgan fingerprint density at radius 2 is 2.00 bits per heavy atom. The van der Waals surface area contributed by atoms with Crippen molar-refractivity contribution in [3.8, 4) is 5.69 Å². The van der Waals surface area contributed by atoms with E-state index in [4.69, 9.17) is 5.73 Å². The fourth-order valence-corrected chi connectivity index (χ4v) is 1.93. The lowest BCUT2D eigenvalue weighted by Gasteiger charge is -2.09. The summed E-state index contributed by atoms with van der Waals surface area (Å²) < 4.78 is 1.87.